The third-order valence-electron chi connectivity index (χ3n) is 8.29. The molecule has 0 radical (unpaired) electrons. The van der Waals surface area contributed by atoms with E-state index in [1.54, 1.807) is 0 Å². The average molecular weight is 530 g/mol. The lowest BCUT2D eigenvalue weighted by molar-refractivity contribution is 0.0713. The number of amides is 3. The summed E-state index contributed by atoms with van der Waals surface area (Å²) < 4.78 is 0. The largest absolute Gasteiger partial charge is 0.335 e. The Hall–Kier alpha value is -3.08. The molecule has 0 atom stereocenters. The van der Waals surface area contributed by atoms with Crippen molar-refractivity contribution in [1.29, 1.82) is 0 Å². The highest BCUT2D eigenvalue weighted by atomic mass is 16.2. The fourth-order valence-electron chi connectivity index (χ4n) is 5.95. The molecule has 1 aliphatic carbocycles. The monoisotopic (exact) mass is 529 g/mol. The quantitative estimate of drug-likeness (QED) is 0.306. The minimum absolute atomic E-state index is 0.0987. The molecule has 39 heavy (non-hydrogen) atoms. The number of likely N-dealkylation sites (tertiary alicyclic amines) is 1. The van der Waals surface area contributed by atoms with Crippen molar-refractivity contribution in [2.75, 3.05) is 26.2 Å². The van der Waals surface area contributed by atoms with Gasteiger partial charge in [-0.1, -0.05) is 99.2 Å². The van der Waals surface area contributed by atoms with E-state index in [9.17, 15) is 9.59 Å². The van der Waals surface area contributed by atoms with Gasteiger partial charge in [0.1, 0.15) is 0 Å². The topological polar surface area (TPSA) is 52.6 Å². The van der Waals surface area contributed by atoms with E-state index in [0.717, 1.165) is 63.7 Å². The first-order chi connectivity index (χ1) is 19.1. The molecule has 1 heterocycles. The van der Waals surface area contributed by atoms with Gasteiger partial charge in [-0.2, -0.15) is 0 Å². The van der Waals surface area contributed by atoms with Gasteiger partial charge in [0.25, 0.3) is 5.91 Å². The van der Waals surface area contributed by atoms with Gasteiger partial charge in [0.15, 0.2) is 0 Å². The van der Waals surface area contributed by atoms with Crippen LogP contribution in [0.1, 0.15) is 93.5 Å². The molecule has 1 aliphatic heterocycles. The van der Waals surface area contributed by atoms with Gasteiger partial charge in [0, 0.05) is 37.8 Å². The standard InChI is InChI=1S/C34H47N3O2/c1-2-3-7-16-30(25-28-14-8-4-9-15-28)27-37(33(38)31-17-10-5-11-18-31)26-29-21-23-36(24-22-29)34(39)35-32-19-12-6-13-20-32/h4-5,8-11,14-15,17-18,25,29,32H,2-3,6-7,12-13,16,19-24,26-27H2,1H3,(H,35,39)/b30-25+. The zero-order chi connectivity index (χ0) is 27.3. The summed E-state index contributed by atoms with van der Waals surface area (Å²) in [6.45, 7) is 5.13. The van der Waals surface area contributed by atoms with Crippen LogP contribution >= 0.6 is 0 Å². The summed E-state index contributed by atoms with van der Waals surface area (Å²) in [6, 6.07) is 20.6. The summed E-state index contributed by atoms with van der Waals surface area (Å²) in [5, 5.41) is 3.27. The maximum Gasteiger partial charge on any atom is 0.317 e. The highest BCUT2D eigenvalue weighted by Gasteiger charge is 2.28. The van der Waals surface area contributed by atoms with Crippen LogP contribution in [0.25, 0.3) is 6.08 Å². The van der Waals surface area contributed by atoms with Gasteiger partial charge in [0.2, 0.25) is 0 Å². The summed E-state index contributed by atoms with van der Waals surface area (Å²) in [4.78, 5) is 30.7. The number of nitrogens with zero attached hydrogens (tertiary/aromatic N) is 2. The van der Waals surface area contributed by atoms with Crippen molar-refractivity contribution >= 4 is 18.0 Å². The van der Waals surface area contributed by atoms with Crippen LogP contribution in [0.2, 0.25) is 0 Å². The Kier molecular flexibility index (Phi) is 11.5. The predicted octanol–water partition coefficient (Wildman–Crippen LogP) is 7.55. The third kappa shape index (κ3) is 9.26. The number of urea groups is 1. The van der Waals surface area contributed by atoms with Gasteiger partial charge >= 0.3 is 6.03 Å². The minimum Gasteiger partial charge on any atom is -0.335 e. The lowest BCUT2D eigenvalue weighted by atomic mass is 9.94. The molecule has 2 aromatic carbocycles. The van der Waals surface area contributed by atoms with Gasteiger partial charge in [0.05, 0.1) is 0 Å². The van der Waals surface area contributed by atoms with Crippen molar-refractivity contribution in [3.63, 3.8) is 0 Å². The van der Waals surface area contributed by atoms with E-state index in [-0.39, 0.29) is 11.9 Å². The smallest absolute Gasteiger partial charge is 0.317 e. The molecular weight excluding hydrogens is 482 g/mol. The van der Waals surface area contributed by atoms with Crippen LogP contribution in [-0.4, -0.2) is 54.0 Å². The Bertz CT molecular complexity index is 1040. The van der Waals surface area contributed by atoms with E-state index in [0.29, 0.717) is 18.5 Å². The first kappa shape index (κ1) is 28.9. The zero-order valence-electron chi connectivity index (χ0n) is 23.8. The van der Waals surface area contributed by atoms with Crippen molar-refractivity contribution in [2.45, 2.75) is 83.6 Å². The van der Waals surface area contributed by atoms with Gasteiger partial charge in [-0.3, -0.25) is 4.79 Å². The first-order valence-corrected chi connectivity index (χ1v) is 15.3. The Labute approximate surface area is 235 Å². The Morgan fingerprint density at radius 3 is 2.23 bits per heavy atom. The number of hydrogen-bond acceptors (Lipinski definition) is 2. The van der Waals surface area contributed by atoms with E-state index in [1.807, 2.05) is 41.3 Å². The highest BCUT2D eigenvalue weighted by Crippen LogP contribution is 2.23. The molecule has 2 aliphatic rings. The molecule has 2 fully saturated rings. The van der Waals surface area contributed by atoms with Crippen LogP contribution in [-0.2, 0) is 0 Å². The molecule has 0 unspecified atom stereocenters. The fraction of sp³-hybridized carbons (Fsp3) is 0.529. The zero-order valence-corrected chi connectivity index (χ0v) is 23.8. The molecule has 0 aromatic heterocycles. The predicted molar refractivity (Wildman–Crippen MR) is 161 cm³/mol. The number of nitrogens with one attached hydrogen (secondary N) is 1. The normalized spacial score (nSPS) is 17.2. The number of hydrogen-bond donors (Lipinski definition) is 1. The number of benzene rings is 2. The number of piperidine rings is 1. The van der Waals surface area contributed by atoms with Crippen LogP contribution in [0.3, 0.4) is 0 Å². The summed E-state index contributed by atoms with van der Waals surface area (Å²) in [6.07, 6.45) is 14.6. The second kappa shape index (κ2) is 15.5. The lowest BCUT2D eigenvalue weighted by Crippen LogP contribution is -2.49. The maximum atomic E-state index is 13.8. The molecule has 5 heteroatoms. The number of rotatable bonds is 11. The van der Waals surface area contributed by atoms with E-state index in [4.69, 9.17) is 0 Å². The molecule has 1 N–H and O–H groups in total. The third-order valence-corrected chi connectivity index (χ3v) is 8.29. The van der Waals surface area contributed by atoms with Gasteiger partial charge in [-0.25, -0.2) is 4.79 Å². The maximum absolute atomic E-state index is 13.8. The minimum atomic E-state index is 0.0987. The van der Waals surface area contributed by atoms with Crippen LogP contribution in [0.5, 0.6) is 0 Å². The van der Waals surface area contributed by atoms with E-state index >= 15 is 0 Å². The van der Waals surface area contributed by atoms with E-state index in [2.05, 4.69) is 47.5 Å². The Balaban J connectivity index is 1.42. The van der Waals surface area contributed by atoms with Crippen molar-refractivity contribution in [3.05, 3.63) is 77.4 Å². The molecule has 3 amide bonds. The molecule has 4 rings (SSSR count). The molecule has 2 aromatic rings. The van der Waals surface area contributed by atoms with Gasteiger partial charge in [-0.15, -0.1) is 0 Å². The SMILES string of the molecule is CCCCC/C(=C\c1ccccc1)CN(CC1CCN(C(=O)NC2CCCCC2)CC1)C(=O)c1ccccc1. The molecule has 1 saturated heterocycles. The summed E-state index contributed by atoms with van der Waals surface area (Å²) in [5.74, 6) is 0.493. The van der Waals surface area contributed by atoms with Crippen molar-refractivity contribution < 1.29 is 9.59 Å². The second-order valence-electron chi connectivity index (χ2n) is 11.4. The van der Waals surface area contributed by atoms with Crippen LogP contribution < -0.4 is 5.32 Å². The van der Waals surface area contributed by atoms with Crippen molar-refractivity contribution in [3.8, 4) is 0 Å². The second-order valence-corrected chi connectivity index (χ2v) is 11.4. The molecule has 0 bridgehead atoms. The lowest BCUT2D eigenvalue weighted by Gasteiger charge is -2.36. The van der Waals surface area contributed by atoms with Crippen LogP contribution in [0, 0.1) is 5.92 Å². The molecule has 5 nitrogen and oxygen atoms in total. The summed E-state index contributed by atoms with van der Waals surface area (Å²) in [7, 11) is 0. The fourth-order valence-corrected chi connectivity index (χ4v) is 5.95. The Morgan fingerprint density at radius 2 is 1.56 bits per heavy atom. The first-order valence-electron chi connectivity index (χ1n) is 15.3. The molecular formula is C34H47N3O2. The molecule has 210 valence electrons. The summed E-state index contributed by atoms with van der Waals surface area (Å²) >= 11 is 0. The van der Waals surface area contributed by atoms with Crippen molar-refractivity contribution in [2.24, 2.45) is 5.92 Å². The number of carbonyl (C=O) groups is 2. The van der Waals surface area contributed by atoms with E-state index in [1.165, 1.54) is 43.2 Å². The van der Waals surface area contributed by atoms with Gasteiger partial charge < -0.3 is 15.1 Å². The van der Waals surface area contributed by atoms with Crippen molar-refractivity contribution in [1.82, 2.24) is 15.1 Å². The number of carbonyl (C=O) groups excluding carboxylic acids is 2. The molecule has 0 spiro atoms. The van der Waals surface area contributed by atoms with Gasteiger partial charge in [-0.05, 0) is 62.1 Å². The number of unbranched alkanes of at least 4 members (excludes halogenated alkanes) is 2. The average Bonchev–Trinajstić information content (AvgIpc) is 2.98. The van der Waals surface area contributed by atoms with Crippen LogP contribution in [0.15, 0.2) is 66.2 Å². The Morgan fingerprint density at radius 1 is 0.897 bits per heavy atom. The highest BCUT2D eigenvalue weighted by molar-refractivity contribution is 5.94. The molecule has 1 saturated carbocycles. The summed E-state index contributed by atoms with van der Waals surface area (Å²) in [5.41, 5.74) is 3.24. The van der Waals surface area contributed by atoms with E-state index < -0.39 is 0 Å². The van der Waals surface area contributed by atoms with Crippen LogP contribution in [0.4, 0.5) is 4.79 Å².